The lowest BCUT2D eigenvalue weighted by molar-refractivity contribution is -0.122. The zero-order chi connectivity index (χ0) is 16.2. The number of benzene rings is 1. The first-order valence-corrected chi connectivity index (χ1v) is 8.17. The van der Waals surface area contributed by atoms with Crippen molar-refractivity contribution < 1.29 is 9.18 Å². The first kappa shape index (κ1) is 15.6. The summed E-state index contributed by atoms with van der Waals surface area (Å²) in [7, 11) is 0. The molecule has 1 aliphatic heterocycles. The second kappa shape index (κ2) is 6.86. The zero-order valence-corrected chi connectivity index (χ0v) is 13.0. The molecule has 1 saturated heterocycles. The number of anilines is 2. The Kier molecular flexibility index (Phi) is 4.65. The highest BCUT2D eigenvalue weighted by atomic mass is 19.1. The summed E-state index contributed by atoms with van der Waals surface area (Å²) in [4.78, 5) is 14.2. The van der Waals surface area contributed by atoms with E-state index >= 15 is 0 Å². The van der Waals surface area contributed by atoms with E-state index in [0.717, 1.165) is 25.9 Å². The highest BCUT2D eigenvalue weighted by molar-refractivity contribution is 5.93. The second-order valence-corrected chi connectivity index (χ2v) is 6.32. The molecule has 1 saturated carbocycles. The molecule has 6 heteroatoms. The fourth-order valence-corrected chi connectivity index (χ4v) is 3.25. The summed E-state index contributed by atoms with van der Waals surface area (Å²) in [6.07, 6.45) is 6.57. The number of rotatable bonds is 4. The third-order valence-electron chi connectivity index (χ3n) is 4.69. The molecule has 3 rings (SSSR count). The molecule has 1 amide bonds. The van der Waals surface area contributed by atoms with Crippen LogP contribution < -0.4 is 15.5 Å². The maximum Gasteiger partial charge on any atom is 0.227 e. The number of carbonyl (C=O) groups is 1. The van der Waals surface area contributed by atoms with Crippen LogP contribution in [0.1, 0.15) is 32.1 Å². The standard InChI is InChI=1S/C17H21FN4O/c18-15-5-4-13(10-16(15)22-6-2-1-3-7-22)21-17(23)12-8-14(9-12)20-11-19/h4-5,10,12,14,20H,1-3,6-9H2,(H,21,23)/t12-,14-. The van der Waals surface area contributed by atoms with E-state index in [0.29, 0.717) is 24.2 Å². The molecule has 1 aromatic rings. The Morgan fingerprint density at radius 3 is 2.70 bits per heavy atom. The Morgan fingerprint density at radius 2 is 2.00 bits per heavy atom. The van der Waals surface area contributed by atoms with E-state index in [4.69, 9.17) is 5.26 Å². The summed E-state index contributed by atoms with van der Waals surface area (Å²) in [5.41, 5.74) is 1.20. The molecule has 0 aromatic heterocycles. The van der Waals surface area contributed by atoms with Gasteiger partial charge in [-0.1, -0.05) is 0 Å². The number of hydrogen-bond acceptors (Lipinski definition) is 4. The molecule has 122 valence electrons. The van der Waals surface area contributed by atoms with Gasteiger partial charge in [-0.15, -0.1) is 0 Å². The predicted octanol–water partition coefficient (Wildman–Crippen LogP) is 2.60. The van der Waals surface area contributed by atoms with E-state index in [-0.39, 0.29) is 23.7 Å². The molecule has 1 aromatic carbocycles. The van der Waals surface area contributed by atoms with E-state index in [1.165, 1.54) is 12.5 Å². The molecule has 0 unspecified atom stereocenters. The maximum absolute atomic E-state index is 14.1. The van der Waals surface area contributed by atoms with Crippen LogP contribution in [0.3, 0.4) is 0 Å². The van der Waals surface area contributed by atoms with Crippen molar-refractivity contribution >= 4 is 17.3 Å². The van der Waals surface area contributed by atoms with Crippen molar-refractivity contribution in [3.8, 4) is 6.19 Å². The lowest BCUT2D eigenvalue weighted by Crippen LogP contribution is -2.44. The van der Waals surface area contributed by atoms with Crippen molar-refractivity contribution in [2.75, 3.05) is 23.3 Å². The maximum atomic E-state index is 14.1. The van der Waals surface area contributed by atoms with Gasteiger partial charge in [-0.25, -0.2) is 4.39 Å². The van der Waals surface area contributed by atoms with Crippen LogP contribution in [0.4, 0.5) is 15.8 Å². The van der Waals surface area contributed by atoms with Gasteiger partial charge < -0.3 is 15.5 Å². The van der Waals surface area contributed by atoms with Crippen molar-refractivity contribution in [3.05, 3.63) is 24.0 Å². The molecule has 0 radical (unpaired) electrons. The monoisotopic (exact) mass is 316 g/mol. The van der Waals surface area contributed by atoms with Gasteiger partial charge in [0.2, 0.25) is 5.91 Å². The zero-order valence-electron chi connectivity index (χ0n) is 13.0. The number of amides is 1. The number of nitrogens with one attached hydrogen (secondary N) is 2. The average molecular weight is 316 g/mol. The number of halogens is 1. The number of carbonyl (C=O) groups excluding carboxylic acids is 1. The third-order valence-corrected chi connectivity index (χ3v) is 4.69. The Morgan fingerprint density at radius 1 is 1.26 bits per heavy atom. The van der Waals surface area contributed by atoms with E-state index in [1.807, 2.05) is 11.1 Å². The molecular weight excluding hydrogens is 295 g/mol. The molecule has 1 aliphatic carbocycles. The largest absolute Gasteiger partial charge is 0.369 e. The van der Waals surface area contributed by atoms with Crippen LogP contribution in [0.25, 0.3) is 0 Å². The molecular formula is C17H21FN4O. The summed E-state index contributed by atoms with van der Waals surface area (Å²) in [5, 5.41) is 14.1. The number of hydrogen-bond donors (Lipinski definition) is 2. The molecule has 23 heavy (non-hydrogen) atoms. The van der Waals surface area contributed by atoms with Crippen molar-refractivity contribution in [1.82, 2.24) is 5.32 Å². The van der Waals surface area contributed by atoms with E-state index in [1.54, 1.807) is 12.1 Å². The smallest absolute Gasteiger partial charge is 0.227 e. The minimum Gasteiger partial charge on any atom is -0.369 e. The summed E-state index contributed by atoms with van der Waals surface area (Å²) < 4.78 is 14.1. The topological polar surface area (TPSA) is 68.2 Å². The highest BCUT2D eigenvalue weighted by Gasteiger charge is 2.34. The fourth-order valence-electron chi connectivity index (χ4n) is 3.25. The lowest BCUT2D eigenvalue weighted by atomic mass is 9.79. The van der Waals surface area contributed by atoms with Crippen LogP contribution in [0, 0.1) is 23.2 Å². The average Bonchev–Trinajstić information content (AvgIpc) is 2.53. The molecule has 0 spiro atoms. The third kappa shape index (κ3) is 3.55. The number of nitriles is 1. The molecule has 1 heterocycles. The van der Waals surface area contributed by atoms with Crippen LogP contribution in [0.15, 0.2) is 18.2 Å². The highest BCUT2D eigenvalue weighted by Crippen LogP contribution is 2.30. The van der Waals surface area contributed by atoms with Crippen LogP contribution in [-0.2, 0) is 4.79 Å². The van der Waals surface area contributed by atoms with E-state index < -0.39 is 0 Å². The minimum atomic E-state index is -0.244. The molecule has 0 atom stereocenters. The molecule has 5 nitrogen and oxygen atoms in total. The summed E-state index contributed by atoms with van der Waals surface area (Å²) in [6, 6.07) is 4.85. The van der Waals surface area contributed by atoms with E-state index in [9.17, 15) is 9.18 Å². The molecule has 2 N–H and O–H groups in total. The van der Waals surface area contributed by atoms with Crippen molar-refractivity contribution in [3.63, 3.8) is 0 Å². The van der Waals surface area contributed by atoms with E-state index in [2.05, 4.69) is 10.6 Å². The van der Waals surface area contributed by atoms with Gasteiger partial charge in [0, 0.05) is 30.7 Å². The number of nitrogens with zero attached hydrogens (tertiary/aromatic N) is 2. The van der Waals surface area contributed by atoms with Gasteiger partial charge in [0.25, 0.3) is 0 Å². The molecule has 2 fully saturated rings. The Bertz CT molecular complexity index is 616. The van der Waals surface area contributed by atoms with Crippen molar-refractivity contribution in [1.29, 1.82) is 5.26 Å². The SMILES string of the molecule is N#CN[C@H]1C[C@H](C(=O)Nc2ccc(F)c(N3CCCCC3)c2)C1. The predicted molar refractivity (Wildman–Crippen MR) is 86.4 cm³/mol. The summed E-state index contributed by atoms with van der Waals surface area (Å²) in [5.74, 6) is -0.381. The van der Waals surface area contributed by atoms with Crippen LogP contribution >= 0.6 is 0 Å². The summed E-state index contributed by atoms with van der Waals surface area (Å²) in [6.45, 7) is 1.72. The van der Waals surface area contributed by atoms with Gasteiger partial charge in [-0.2, -0.15) is 5.26 Å². The van der Waals surface area contributed by atoms with Crippen LogP contribution in [0.2, 0.25) is 0 Å². The van der Waals surface area contributed by atoms with Gasteiger partial charge in [0.1, 0.15) is 5.82 Å². The lowest BCUT2D eigenvalue weighted by Gasteiger charge is -2.33. The summed E-state index contributed by atoms with van der Waals surface area (Å²) >= 11 is 0. The molecule has 0 bridgehead atoms. The Hall–Kier alpha value is -2.29. The minimum absolute atomic E-state index is 0.0582. The van der Waals surface area contributed by atoms with Gasteiger partial charge in [-0.05, 0) is 50.3 Å². The van der Waals surface area contributed by atoms with Gasteiger partial charge >= 0.3 is 0 Å². The Labute approximate surface area is 135 Å². The quantitative estimate of drug-likeness (QED) is 0.662. The normalized spacial score (nSPS) is 23.6. The van der Waals surface area contributed by atoms with Gasteiger partial charge in [0.15, 0.2) is 6.19 Å². The fraction of sp³-hybridized carbons (Fsp3) is 0.529. The Balaban J connectivity index is 1.62. The first-order valence-electron chi connectivity index (χ1n) is 8.17. The van der Waals surface area contributed by atoms with Crippen LogP contribution in [0.5, 0.6) is 0 Å². The van der Waals surface area contributed by atoms with Gasteiger partial charge in [0.05, 0.1) is 5.69 Å². The second-order valence-electron chi connectivity index (χ2n) is 6.32. The van der Waals surface area contributed by atoms with Gasteiger partial charge in [-0.3, -0.25) is 4.79 Å². The number of piperidine rings is 1. The van der Waals surface area contributed by atoms with Crippen molar-refractivity contribution in [2.24, 2.45) is 5.92 Å². The first-order chi connectivity index (χ1) is 11.2. The molecule has 2 aliphatic rings. The van der Waals surface area contributed by atoms with Crippen LogP contribution in [-0.4, -0.2) is 25.0 Å². The van der Waals surface area contributed by atoms with Crippen molar-refractivity contribution in [2.45, 2.75) is 38.1 Å².